The van der Waals surface area contributed by atoms with Crippen LogP contribution in [0.4, 0.5) is 26.3 Å². The third kappa shape index (κ3) is 5.64. The third-order valence-corrected chi connectivity index (χ3v) is 3.83. The Kier molecular flexibility index (Phi) is 6.00. The van der Waals surface area contributed by atoms with E-state index in [1.807, 2.05) is 0 Å². The molecule has 8 heteroatoms. The van der Waals surface area contributed by atoms with Crippen LogP contribution in [0, 0.1) is 0 Å². The summed E-state index contributed by atoms with van der Waals surface area (Å²) in [6.07, 6.45) is -8.54. The molecule has 0 heterocycles. The zero-order valence-electron chi connectivity index (χ0n) is 12.8. The van der Waals surface area contributed by atoms with Crippen molar-refractivity contribution in [3.05, 3.63) is 69.7 Å². The summed E-state index contributed by atoms with van der Waals surface area (Å²) < 4.78 is 75.7. The topological polar surface area (TPSA) is 12.0 Å². The minimum atomic E-state index is -4.51. The van der Waals surface area contributed by atoms with Gasteiger partial charge >= 0.3 is 12.4 Å². The molecule has 1 nitrogen and oxygen atoms in total. The first-order valence-electron chi connectivity index (χ1n) is 7.30. The van der Waals surface area contributed by atoms with E-state index >= 15 is 0 Å². The van der Waals surface area contributed by atoms with E-state index in [2.05, 4.69) is 5.32 Å². The summed E-state index contributed by atoms with van der Waals surface area (Å²) in [5.41, 5.74) is -0.531. The van der Waals surface area contributed by atoms with Crippen molar-refractivity contribution in [2.24, 2.45) is 0 Å². The average molecular weight is 382 g/mol. The first-order chi connectivity index (χ1) is 11.6. The van der Waals surface area contributed by atoms with Crippen molar-refractivity contribution in [1.82, 2.24) is 5.32 Å². The van der Waals surface area contributed by atoms with E-state index in [4.69, 9.17) is 11.6 Å². The Hall–Kier alpha value is -1.73. The van der Waals surface area contributed by atoms with Crippen LogP contribution in [-0.4, -0.2) is 6.54 Å². The second kappa shape index (κ2) is 7.66. The van der Waals surface area contributed by atoms with E-state index in [1.165, 1.54) is 18.2 Å². The molecular weight excluding hydrogens is 368 g/mol. The molecule has 0 aromatic heterocycles. The van der Waals surface area contributed by atoms with Gasteiger partial charge in [-0.2, -0.15) is 26.3 Å². The molecule has 0 radical (unpaired) electrons. The molecule has 2 aromatic carbocycles. The number of alkyl halides is 6. The summed E-state index contributed by atoms with van der Waals surface area (Å²) in [4.78, 5) is 0. The Bertz CT molecular complexity index is 724. The first-order valence-corrected chi connectivity index (χ1v) is 7.67. The second-order valence-electron chi connectivity index (χ2n) is 5.44. The maximum atomic E-state index is 12.6. The molecule has 0 amide bonds. The minimum Gasteiger partial charge on any atom is -0.312 e. The Morgan fingerprint density at radius 3 is 2.16 bits per heavy atom. The monoisotopic (exact) mass is 381 g/mol. The first kappa shape index (κ1) is 19.6. The molecule has 0 aliphatic rings. The SMILES string of the molecule is FC(F)(F)c1cccc(CCNCc2ccc(C(F)(F)F)c(Cl)c2)c1. The predicted octanol–water partition coefficient (Wildman–Crippen LogP) is 5.71. The molecule has 0 aliphatic heterocycles. The van der Waals surface area contributed by atoms with E-state index in [9.17, 15) is 26.3 Å². The van der Waals surface area contributed by atoms with Gasteiger partial charge in [0.2, 0.25) is 0 Å². The molecule has 0 saturated heterocycles. The number of rotatable bonds is 5. The molecule has 0 atom stereocenters. The number of nitrogens with one attached hydrogen (secondary N) is 1. The van der Waals surface area contributed by atoms with Crippen molar-refractivity contribution in [2.75, 3.05) is 6.54 Å². The fourth-order valence-electron chi connectivity index (χ4n) is 2.27. The van der Waals surface area contributed by atoms with Crippen LogP contribution < -0.4 is 5.32 Å². The van der Waals surface area contributed by atoms with Gasteiger partial charge in [-0.3, -0.25) is 0 Å². The molecule has 25 heavy (non-hydrogen) atoms. The van der Waals surface area contributed by atoms with E-state index in [-0.39, 0.29) is 11.6 Å². The molecule has 0 spiro atoms. The summed E-state index contributed by atoms with van der Waals surface area (Å²) in [6.45, 7) is 0.636. The molecule has 136 valence electrons. The van der Waals surface area contributed by atoms with Crippen LogP contribution >= 0.6 is 11.6 Å². The molecule has 0 fully saturated rings. The number of hydrogen-bond donors (Lipinski definition) is 1. The summed E-state index contributed by atoms with van der Waals surface area (Å²) >= 11 is 5.63. The summed E-state index contributed by atoms with van der Waals surface area (Å²) in [5.74, 6) is 0. The quantitative estimate of drug-likeness (QED) is 0.516. The third-order valence-electron chi connectivity index (χ3n) is 3.51. The van der Waals surface area contributed by atoms with Crippen LogP contribution in [0.1, 0.15) is 22.3 Å². The largest absolute Gasteiger partial charge is 0.417 e. The van der Waals surface area contributed by atoms with Gasteiger partial charge in [0.15, 0.2) is 0 Å². The lowest BCUT2D eigenvalue weighted by Gasteiger charge is -2.11. The van der Waals surface area contributed by atoms with Gasteiger partial charge in [0.1, 0.15) is 0 Å². The van der Waals surface area contributed by atoms with Crippen LogP contribution in [0.2, 0.25) is 5.02 Å². The van der Waals surface area contributed by atoms with Gasteiger partial charge in [-0.25, -0.2) is 0 Å². The van der Waals surface area contributed by atoms with E-state index < -0.39 is 23.5 Å². The highest BCUT2D eigenvalue weighted by atomic mass is 35.5. The molecule has 0 bridgehead atoms. The lowest BCUT2D eigenvalue weighted by Crippen LogP contribution is -2.17. The molecule has 2 aromatic rings. The summed E-state index contributed by atoms with van der Waals surface area (Å²) in [7, 11) is 0. The van der Waals surface area contributed by atoms with Crippen LogP contribution in [0.15, 0.2) is 42.5 Å². The highest BCUT2D eigenvalue weighted by Crippen LogP contribution is 2.35. The van der Waals surface area contributed by atoms with E-state index in [0.29, 0.717) is 24.1 Å². The number of hydrogen-bond acceptors (Lipinski definition) is 1. The standard InChI is InChI=1S/C17H14ClF6N/c18-15-9-12(4-5-14(15)17(22,23)24)10-25-7-6-11-2-1-3-13(8-11)16(19,20)21/h1-5,8-9,25H,6-7,10H2. The predicted molar refractivity (Wildman–Crippen MR) is 83.3 cm³/mol. The van der Waals surface area contributed by atoms with Crippen LogP contribution in [0.3, 0.4) is 0 Å². The van der Waals surface area contributed by atoms with Gasteiger partial charge in [0.25, 0.3) is 0 Å². The normalized spacial score (nSPS) is 12.4. The highest BCUT2D eigenvalue weighted by Gasteiger charge is 2.33. The van der Waals surface area contributed by atoms with Crippen LogP contribution in [-0.2, 0) is 25.3 Å². The lowest BCUT2D eigenvalue weighted by molar-refractivity contribution is -0.138. The van der Waals surface area contributed by atoms with Gasteiger partial charge in [0.05, 0.1) is 16.1 Å². The van der Waals surface area contributed by atoms with Crippen molar-refractivity contribution in [3.8, 4) is 0 Å². The number of benzene rings is 2. The van der Waals surface area contributed by atoms with Gasteiger partial charge in [-0.05, 0) is 42.3 Å². The van der Waals surface area contributed by atoms with Crippen molar-refractivity contribution < 1.29 is 26.3 Å². The van der Waals surface area contributed by atoms with Crippen LogP contribution in [0.5, 0.6) is 0 Å². The van der Waals surface area contributed by atoms with Crippen molar-refractivity contribution in [3.63, 3.8) is 0 Å². The lowest BCUT2D eigenvalue weighted by atomic mass is 10.1. The second-order valence-corrected chi connectivity index (χ2v) is 5.84. The van der Waals surface area contributed by atoms with E-state index in [0.717, 1.165) is 18.2 Å². The van der Waals surface area contributed by atoms with Crippen molar-refractivity contribution in [1.29, 1.82) is 0 Å². The Morgan fingerprint density at radius 1 is 0.840 bits per heavy atom. The summed E-state index contributed by atoms with van der Waals surface area (Å²) in [6, 6.07) is 8.46. The fourth-order valence-corrected chi connectivity index (χ4v) is 2.58. The Balaban J connectivity index is 1.89. The molecule has 2 rings (SSSR count). The summed E-state index contributed by atoms with van der Waals surface area (Å²) in [5, 5.41) is 2.59. The van der Waals surface area contributed by atoms with E-state index in [1.54, 1.807) is 6.07 Å². The molecule has 0 unspecified atom stereocenters. The minimum absolute atomic E-state index is 0.261. The molecule has 0 aliphatic carbocycles. The van der Waals surface area contributed by atoms with Crippen LogP contribution in [0.25, 0.3) is 0 Å². The molecular formula is C17H14ClF6N. The van der Waals surface area contributed by atoms with Gasteiger partial charge < -0.3 is 5.32 Å². The Labute approximate surface area is 145 Å². The number of halogens is 7. The fraction of sp³-hybridized carbons (Fsp3) is 0.294. The zero-order chi connectivity index (χ0) is 18.7. The maximum absolute atomic E-state index is 12.6. The Morgan fingerprint density at radius 2 is 1.56 bits per heavy atom. The maximum Gasteiger partial charge on any atom is 0.417 e. The smallest absolute Gasteiger partial charge is 0.312 e. The average Bonchev–Trinajstić information content (AvgIpc) is 2.50. The highest BCUT2D eigenvalue weighted by molar-refractivity contribution is 6.31. The zero-order valence-corrected chi connectivity index (χ0v) is 13.6. The van der Waals surface area contributed by atoms with Crippen molar-refractivity contribution in [2.45, 2.75) is 25.3 Å². The molecule has 0 saturated carbocycles. The van der Waals surface area contributed by atoms with Gasteiger partial charge in [0, 0.05) is 6.54 Å². The van der Waals surface area contributed by atoms with Gasteiger partial charge in [-0.1, -0.05) is 35.9 Å². The molecule has 1 N–H and O–H groups in total. The van der Waals surface area contributed by atoms with Crippen molar-refractivity contribution >= 4 is 11.6 Å². The van der Waals surface area contributed by atoms with Gasteiger partial charge in [-0.15, -0.1) is 0 Å².